The minimum Gasteiger partial charge on any atom is -0.399 e. The quantitative estimate of drug-likeness (QED) is 0.745. The fourth-order valence-corrected chi connectivity index (χ4v) is 1.56. The summed E-state index contributed by atoms with van der Waals surface area (Å²) >= 11 is 0. The fourth-order valence-electron chi connectivity index (χ4n) is 1.56. The first-order valence-corrected chi connectivity index (χ1v) is 5.45. The van der Waals surface area contributed by atoms with E-state index in [1.807, 2.05) is 0 Å². The molecule has 0 bridgehead atoms. The number of nitrogens with one attached hydrogen (secondary N) is 2. The summed E-state index contributed by atoms with van der Waals surface area (Å²) < 4.78 is 36.0. The van der Waals surface area contributed by atoms with Crippen molar-refractivity contribution in [2.45, 2.75) is 12.6 Å². The van der Waals surface area contributed by atoms with Gasteiger partial charge in [-0.25, -0.2) is 4.98 Å². The molecular formula is C11H11F3N4O. The highest BCUT2D eigenvalue weighted by molar-refractivity contribution is 5.81. The predicted octanol–water partition coefficient (Wildman–Crippen LogP) is 1.87. The molecule has 2 aromatic rings. The minimum atomic E-state index is -4.25. The zero-order valence-electron chi connectivity index (χ0n) is 9.71. The zero-order valence-corrected chi connectivity index (χ0v) is 9.71. The van der Waals surface area contributed by atoms with Gasteiger partial charge in [0.15, 0.2) is 0 Å². The summed E-state index contributed by atoms with van der Waals surface area (Å²) in [5.41, 5.74) is 5.87. The Kier molecular flexibility index (Phi) is 3.32. The molecule has 0 saturated heterocycles. The van der Waals surface area contributed by atoms with Gasteiger partial charge in [0.2, 0.25) is 5.95 Å². The van der Waals surface area contributed by atoms with Gasteiger partial charge >= 0.3 is 6.18 Å². The van der Waals surface area contributed by atoms with E-state index in [-0.39, 0.29) is 12.5 Å². The highest BCUT2D eigenvalue weighted by Crippen LogP contribution is 2.19. The van der Waals surface area contributed by atoms with Crippen molar-refractivity contribution in [3.05, 3.63) is 28.6 Å². The Hall–Kier alpha value is -2.25. The van der Waals surface area contributed by atoms with Crippen LogP contribution in [-0.2, 0) is 0 Å². The second-order valence-corrected chi connectivity index (χ2v) is 3.98. The van der Waals surface area contributed by atoms with Crippen molar-refractivity contribution in [3.8, 4) is 0 Å². The lowest BCUT2D eigenvalue weighted by atomic mass is 10.2. The van der Waals surface area contributed by atoms with Crippen LogP contribution in [-0.4, -0.2) is 22.7 Å². The number of benzene rings is 1. The number of nitrogens with two attached hydrogens (primary N) is 1. The number of halogens is 3. The summed E-state index contributed by atoms with van der Waals surface area (Å²) in [7, 11) is 0. The number of H-pyrrole nitrogens is 1. The summed E-state index contributed by atoms with van der Waals surface area (Å²) in [6.45, 7) is -0.354. The maximum atomic E-state index is 12.0. The number of alkyl halides is 3. The third-order valence-corrected chi connectivity index (χ3v) is 2.43. The van der Waals surface area contributed by atoms with Crippen LogP contribution in [0.2, 0.25) is 0 Å². The normalized spacial score (nSPS) is 11.7. The van der Waals surface area contributed by atoms with Gasteiger partial charge in [-0.1, -0.05) is 0 Å². The van der Waals surface area contributed by atoms with Crippen molar-refractivity contribution in [2.75, 3.05) is 17.6 Å². The molecular weight excluding hydrogens is 261 g/mol. The number of fused-ring (bicyclic) bond motifs is 1. The van der Waals surface area contributed by atoms with Gasteiger partial charge in [0.1, 0.15) is 0 Å². The smallest absolute Gasteiger partial charge is 0.390 e. The Balaban J connectivity index is 2.22. The van der Waals surface area contributed by atoms with E-state index in [0.29, 0.717) is 16.6 Å². The van der Waals surface area contributed by atoms with Crippen LogP contribution in [0.1, 0.15) is 6.42 Å². The van der Waals surface area contributed by atoms with Crippen LogP contribution in [0, 0.1) is 0 Å². The number of hydrogen-bond donors (Lipinski definition) is 3. The van der Waals surface area contributed by atoms with E-state index in [2.05, 4.69) is 15.3 Å². The van der Waals surface area contributed by atoms with Gasteiger partial charge in [-0.05, 0) is 18.2 Å². The van der Waals surface area contributed by atoms with Crippen LogP contribution < -0.4 is 16.6 Å². The van der Waals surface area contributed by atoms with E-state index < -0.39 is 18.2 Å². The van der Waals surface area contributed by atoms with E-state index in [1.54, 1.807) is 6.07 Å². The number of rotatable bonds is 3. The molecule has 5 nitrogen and oxygen atoms in total. The standard InChI is InChI=1S/C11H11F3N4O/c12-11(13,14)3-4-16-10-17-8-2-1-6(15)5-7(8)9(19)18-10/h1-2,5H,3-4,15H2,(H2,16,17,18,19). The lowest BCUT2D eigenvalue weighted by molar-refractivity contribution is -0.131. The molecule has 0 aliphatic rings. The SMILES string of the molecule is Nc1ccc2nc(NCCC(F)(F)F)[nH]c(=O)c2c1. The average molecular weight is 272 g/mol. The molecule has 0 spiro atoms. The molecule has 1 aromatic carbocycles. The highest BCUT2D eigenvalue weighted by atomic mass is 19.4. The lowest BCUT2D eigenvalue weighted by Gasteiger charge is -2.08. The first-order valence-electron chi connectivity index (χ1n) is 5.45. The van der Waals surface area contributed by atoms with Crippen molar-refractivity contribution in [1.82, 2.24) is 9.97 Å². The number of aromatic amines is 1. The lowest BCUT2D eigenvalue weighted by Crippen LogP contribution is -2.18. The van der Waals surface area contributed by atoms with Crippen LogP contribution in [0.15, 0.2) is 23.0 Å². The van der Waals surface area contributed by atoms with E-state index in [0.717, 1.165) is 0 Å². The monoisotopic (exact) mass is 272 g/mol. The number of nitrogens with zero attached hydrogens (tertiary/aromatic N) is 1. The Labute approximate surface area is 105 Å². The molecule has 1 aromatic heterocycles. The van der Waals surface area contributed by atoms with Crippen molar-refractivity contribution >= 4 is 22.5 Å². The largest absolute Gasteiger partial charge is 0.399 e. The van der Waals surface area contributed by atoms with E-state index in [4.69, 9.17) is 5.73 Å². The van der Waals surface area contributed by atoms with Gasteiger partial charge in [0, 0.05) is 12.2 Å². The third kappa shape index (κ3) is 3.36. The topological polar surface area (TPSA) is 83.8 Å². The molecule has 19 heavy (non-hydrogen) atoms. The molecule has 0 saturated carbocycles. The van der Waals surface area contributed by atoms with Gasteiger partial charge < -0.3 is 11.1 Å². The average Bonchev–Trinajstić information content (AvgIpc) is 2.28. The van der Waals surface area contributed by atoms with Gasteiger partial charge in [-0.2, -0.15) is 13.2 Å². The maximum Gasteiger partial charge on any atom is 0.390 e. The predicted molar refractivity (Wildman–Crippen MR) is 65.9 cm³/mol. The molecule has 0 fully saturated rings. The van der Waals surface area contributed by atoms with Crippen molar-refractivity contribution in [3.63, 3.8) is 0 Å². The molecule has 0 amide bonds. The molecule has 8 heteroatoms. The van der Waals surface area contributed by atoms with E-state index in [1.165, 1.54) is 12.1 Å². The molecule has 2 rings (SSSR count). The zero-order chi connectivity index (χ0) is 14.0. The van der Waals surface area contributed by atoms with Crippen LogP contribution in [0.4, 0.5) is 24.8 Å². The molecule has 0 radical (unpaired) electrons. The number of aromatic nitrogens is 2. The summed E-state index contributed by atoms with van der Waals surface area (Å²) in [5, 5.41) is 2.72. The van der Waals surface area contributed by atoms with Crippen LogP contribution in [0.5, 0.6) is 0 Å². The van der Waals surface area contributed by atoms with Gasteiger partial charge in [0.25, 0.3) is 5.56 Å². The molecule has 0 unspecified atom stereocenters. The van der Waals surface area contributed by atoms with Gasteiger partial charge in [0.05, 0.1) is 17.3 Å². The Morgan fingerprint density at radius 3 is 2.79 bits per heavy atom. The maximum absolute atomic E-state index is 12.0. The van der Waals surface area contributed by atoms with Crippen molar-refractivity contribution < 1.29 is 13.2 Å². The summed E-state index contributed by atoms with van der Waals surface area (Å²) in [5.74, 6) is 0.00604. The molecule has 1 heterocycles. The van der Waals surface area contributed by atoms with E-state index >= 15 is 0 Å². The first-order chi connectivity index (χ1) is 8.85. The minimum absolute atomic E-state index is 0.00604. The van der Waals surface area contributed by atoms with Crippen molar-refractivity contribution in [1.29, 1.82) is 0 Å². The summed E-state index contributed by atoms with van der Waals surface area (Å²) in [6, 6.07) is 4.56. The van der Waals surface area contributed by atoms with Gasteiger partial charge in [-0.3, -0.25) is 9.78 Å². The summed E-state index contributed by atoms with van der Waals surface area (Å²) in [6.07, 6.45) is -5.25. The highest BCUT2D eigenvalue weighted by Gasteiger charge is 2.26. The number of anilines is 2. The molecule has 0 aliphatic carbocycles. The molecule has 102 valence electrons. The molecule has 0 atom stereocenters. The van der Waals surface area contributed by atoms with Crippen molar-refractivity contribution in [2.24, 2.45) is 0 Å². The second kappa shape index (κ2) is 4.79. The first kappa shape index (κ1) is 13.2. The second-order valence-electron chi connectivity index (χ2n) is 3.98. The Morgan fingerprint density at radius 1 is 1.37 bits per heavy atom. The van der Waals surface area contributed by atoms with Crippen LogP contribution in [0.3, 0.4) is 0 Å². The Morgan fingerprint density at radius 2 is 2.11 bits per heavy atom. The molecule has 4 N–H and O–H groups in total. The number of nitrogen functional groups attached to an aromatic ring is 1. The van der Waals surface area contributed by atoms with E-state index in [9.17, 15) is 18.0 Å². The van der Waals surface area contributed by atoms with Crippen LogP contribution in [0.25, 0.3) is 10.9 Å². The summed E-state index contributed by atoms with van der Waals surface area (Å²) in [4.78, 5) is 18.1. The molecule has 0 aliphatic heterocycles. The number of hydrogen-bond acceptors (Lipinski definition) is 4. The fraction of sp³-hybridized carbons (Fsp3) is 0.273. The van der Waals surface area contributed by atoms with Gasteiger partial charge in [-0.15, -0.1) is 0 Å². The third-order valence-electron chi connectivity index (χ3n) is 2.43. The Bertz CT molecular complexity index is 650. The van der Waals surface area contributed by atoms with Crippen LogP contribution >= 0.6 is 0 Å².